The lowest BCUT2D eigenvalue weighted by atomic mass is 9.85. The zero-order valence-electron chi connectivity index (χ0n) is 13.9. The summed E-state index contributed by atoms with van der Waals surface area (Å²) in [4.78, 5) is 0. The van der Waals surface area contributed by atoms with E-state index in [1.807, 2.05) is 0 Å². The molecule has 0 spiro atoms. The van der Waals surface area contributed by atoms with Gasteiger partial charge in [0.25, 0.3) is 0 Å². The van der Waals surface area contributed by atoms with Gasteiger partial charge in [-0.25, -0.2) is 0 Å². The molecule has 1 N–H and O–H groups in total. The van der Waals surface area contributed by atoms with Gasteiger partial charge in [0.2, 0.25) is 0 Å². The molecular weight excluding hydrogens is 254 g/mol. The minimum atomic E-state index is 0.283. The number of benzene rings is 2. The predicted octanol–water partition coefficient (Wildman–Crippen LogP) is 5.89. The van der Waals surface area contributed by atoms with Crippen molar-refractivity contribution >= 4 is 5.69 Å². The molecular formula is C20H27N. The Morgan fingerprint density at radius 3 is 2.24 bits per heavy atom. The van der Waals surface area contributed by atoms with Gasteiger partial charge in [-0.05, 0) is 48.4 Å². The number of rotatable bonds is 4. The Labute approximate surface area is 129 Å². The van der Waals surface area contributed by atoms with E-state index in [0.717, 1.165) is 6.42 Å². The van der Waals surface area contributed by atoms with Gasteiger partial charge >= 0.3 is 0 Å². The summed E-state index contributed by atoms with van der Waals surface area (Å²) in [6.45, 7) is 11.2. The fourth-order valence-electron chi connectivity index (χ4n) is 2.63. The van der Waals surface area contributed by atoms with Gasteiger partial charge in [-0.3, -0.25) is 0 Å². The van der Waals surface area contributed by atoms with Gasteiger partial charge in [-0.1, -0.05) is 63.2 Å². The van der Waals surface area contributed by atoms with Crippen molar-refractivity contribution in [2.45, 2.75) is 47.1 Å². The van der Waals surface area contributed by atoms with Crippen LogP contribution in [0.3, 0.4) is 0 Å². The first-order valence-corrected chi connectivity index (χ1v) is 7.74. The lowest BCUT2D eigenvalue weighted by Gasteiger charge is -2.29. The maximum absolute atomic E-state index is 3.76. The molecule has 0 aliphatic heterocycles. The van der Waals surface area contributed by atoms with Gasteiger partial charge in [0.15, 0.2) is 0 Å². The molecule has 0 radical (unpaired) electrons. The topological polar surface area (TPSA) is 12.0 Å². The highest BCUT2D eigenvalue weighted by Gasteiger charge is 2.20. The van der Waals surface area contributed by atoms with E-state index in [1.54, 1.807) is 0 Å². The molecule has 0 saturated heterocycles. The lowest BCUT2D eigenvalue weighted by Crippen LogP contribution is -2.19. The van der Waals surface area contributed by atoms with Crippen molar-refractivity contribution in [1.82, 2.24) is 0 Å². The quantitative estimate of drug-likeness (QED) is 0.736. The summed E-state index contributed by atoms with van der Waals surface area (Å²) >= 11 is 0. The van der Waals surface area contributed by atoms with Crippen molar-refractivity contribution in [3.63, 3.8) is 0 Å². The summed E-state index contributed by atoms with van der Waals surface area (Å²) < 4.78 is 0. The van der Waals surface area contributed by atoms with Gasteiger partial charge < -0.3 is 5.32 Å². The third-order valence-corrected chi connectivity index (χ3v) is 3.74. The zero-order valence-corrected chi connectivity index (χ0v) is 13.9. The predicted molar refractivity (Wildman–Crippen MR) is 92.8 cm³/mol. The molecule has 0 saturated carbocycles. The molecule has 1 atom stereocenters. The Bertz CT molecular complexity index is 579. The fraction of sp³-hybridized carbons (Fsp3) is 0.400. The smallest absolute Gasteiger partial charge is 0.0518 e. The molecule has 0 bridgehead atoms. The first kappa shape index (κ1) is 15.6. The van der Waals surface area contributed by atoms with Gasteiger partial charge in [0, 0.05) is 5.69 Å². The average molecular weight is 281 g/mol. The van der Waals surface area contributed by atoms with Crippen LogP contribution in [0.25, 0.3) is 0 Å². The van der Waals surface area contributed by atoms with Crippen molar-refractivity contribution in [1.29, 1.82) is 0 Å². The minimum Gasteiger partial charge on any atom is -0.378 e. The Morgan fingerprint density at radius 2 is 1.62 bits per heavy atom. The molecule has 1 heteroatoms. The largest absolute Gasteiger partial charge is 0.378 e. The van der Waals surface area contributed by atoms with Crippen LogP contribution in [0.2, 0.25) is 0 Å². The molecule has 0 fully saturated rings. The Balaban J connectivity index is 2.30. The molecule has 1 unspecified atom stereocenters. The van der Waals surface area contributed by atoms with Gasteiger partial charge in [0.1, 0.15) is 0 Å². The van der Waals surface area contributed by atoms with E-state index in [-0.39, 0.29) is 5.41 Å². The highest BCUT2D eigenvalue weighted by Crippen LogP contribution is 2.33. The van der Waals surface area contributed by atoms with Crippen molar-refractivity contribution in [2.75, 3.05) is 5.32 Å². The number of hydrogen-bond acceptors (Lipinski definition) is 1. The zero-order chi connectivity index (χ0) is 15.5. The summed E-state index contributed by atoms with van der Waals surface area (Å²) in [5, 5.41) is 3.76. The molecule has 0 heterocycles. The van der Waals surface area contributed by atoms with Crippen LogP contribution in [0, 0.1) is 19.3 Å². The number of hydrogen-bond donors (Lipinski definition) is 1. The monoisotopic (exact) mass is 281 g/mol. The van der Waals surface area contributed by atoms with E-state index >= 15 is 0 Å². The minimum absolute atomic E-state index is 0.283. The average Bonchev–Trinajstić information content (AvgIpc) is 2.42. The molecule has 0 aliphatic carbocycles. The summed E-state index contributed by atoms with van der Waals surface area (Å²) in [6.07, 6.45) is 1.10. The lowest BCUT2D eigenvalue weighted by molar-refractivity contribution is 0.352. The van der Waals surface area contributed by atoms with Crippen molar-refractivity contribution < 1.29 is 0 Å². The summed E-state index contributed by atoms with van der Waals surface area (Å²) in [5.41, 5.74) is 5.48. The van der Waals surface area contributed by atoms with E-state index < -0.39 is 0 Å². The molecule has 21 heavy (non-hydrogen) atoms. The Hall–Kier alpha value is -1.76. The molecule has 0 aliphatic rings. The molecule has 0 amide bonds. The highest BCUT2D eigenvalue weighted by atomic mass is 14.9. The normalized spacial score (nSPS) is 13.0. The second kappa shape index (κ2) is 6.34. The maximum atomic E-state index is 3.76. The van der Waals surface area contributed by atoms with Crippen LogP contribution in [0.1, 0.15) is 49.9 Å². The van der Waals surface area contributed by atoms with Crippen LogP contribution in [-0.4, -0.2) is 0 Å². The van der Waals surface area contributed by atoms with Crippen molar-refractivity contribution in [2.24, 2.45) is 5.41 Å². The summed E-state index contributed by atoms with van der Waals surface area (Å²) in [5.74, 6) is 0. The molecule has 0 aromatic heterocycles. The Morgan fingerprint density at radius 1 is 0.952 bits per heavy atom. The van der Waals surface area contributed by atoms with E-state index in [1.165, 1.54) is 22.4 Å². The third kappa shape index (κ3) is 4.63. The maximum Gasteiger partial charge on any atom is 0.0518 e. The second-order valence-corrected chi connectivity index (χ2v) is 7.19. The number of nitrogens with one attached hydrogen (secondary N) is 1. The standard InChI is InChI=1S/C20H27N/c1-15-11-12-16(2)18(13-15)21-19(14-20(3,4)5)17-9-7-6-8-10-17/h6-13,19,21H,14H2,1-5H3. The molecule has 2 rings (SSSR count). The second-order valence-electron chi connectivity index (χ2n) is 7.19. The van der Waals surface area contributed by atoms with Crippen molar-refractivity contribution in [3.05, 3.63) is 65.2 Å². The van der Waals surface area contributed by atoms with E-state index in [2.05, 4.69) is 88.5 Å². The van der Waals surface area contributed by atoms with E-state index in [9.17, 15) is 0 Å². The van der Waals surface area contributed by atoms with Crippen LogP contribution in [0.4, 0.5) is 5.69 Å². The SMILES string of the molecule is Cc1ccc(C)c(NC(CC(C)(C)C)c2ccccc2)c1. The Kier molecular flexibility index (Phi) is 4.72. The molecule has 112 valence electrons. The van der Waals surface area contributed by atoms with Gasteiger partial charge in [-0.2, -0.15) is 0 Å². The van der Waals surface area contributed by atoms with Gasteiger partial charge in [0.05, 0.1) is 6.04 Å². The summed E-state index contributed by atoms with van der Waals surface area (Å²) in [7, 11) is 0. The number of anilines is 1. The third-order valence-electron chi connectivity index (χ3n) is 3.74. The van der Waals surface area contributed by atoms with E-state index in [4.69, 9.17) is 0 Å². The van der Waals surface area contributed by atoms with Crippen LogP contribution in [0.15, 0.2) is 48.5 Å². The summed E-state index contributed by atoms with van der Waals surface area (Å²) in [6, 6.07) is 17.7. The van der Waals surface area contributed by atoms with E-state index in [0.29, 0.717) is 6.04 Å². The first-order valence-electron chi connectivity index (χ1n) is 7.74. The van der Waals surface area contributed by atoms with Crippen LogP contribution in [0.5, 0.6) is 0 Å². The number of aryl methyl sites for hydroxylation is 2. The van der Waals surface area contributed by atoms with Crippen LogP contribution < -0.4 is 5.32 Å². The highest BCUT2D eigenvalue weighted by molar-refractivity contribution is 5.54. The molecule has 1 nitrogen and oxygen atoms in total. The molecule has 2 aromatic rings. The van der Waals surface area contributed by atoms with Gasteiger partial charge in [-0.15, -0.1) is 0 Å². The van der Waals surface area contributed by atoms with Crippen molar-refractivity contribution in [3.8, 4) is 0 Å². The van der Waals surface area contributed by atoms with Crippen LogP contribution >= 0.6 is 0 Å². The molecule has 2 aromatic carbocycles. The first-order chi connectivity index (χ1) is 9.85. The fourth-order valence-corrected chi connectivity index (χ4v) is 2.63. The van der Waals surface area contributed by atoms with Crippen LogP contribution in [-0.2, 0) is 0 Å².